The van der Waals surface area contributed by atoms with Crippen LogP contribution in [0.25, 0.3) is 0 Å². The minimum atomic E-state index is -0.328. The quantitative estimate of drug-likeness (QED) is 0.362. The van der Waals surface area contributed by atoms with Crippen LogP contribution in [0, 0.1) is 0 Å². The highest BCUT2D eigenvalue weighted by Crippen LogP contribution is 2.23. The molecule has 0 fully saturated rings. The van der Waals surface area contributed by atoms with Gasteiger partial charge in [0.15, 0.2) is 0 Å². The van der Waals surface area contributed by atoms with E-state index in [0.29, 0.717) is 19.2 Å². The number of hydrogen-bond acceptors (Lipinski definition) is 6. The molecule has 0 amide bonds. The minimum Gasteiger partial charge on any atom is -0.376 e. The van der Waals surface area contributed by atoms with E-state index in [9.17, 15) is 0 Å². The molecule has 0 aliphatic rings. The van der Waals surface area contributed by atoms with Crippen LogP contribution in [-0.2, 0) is 23.7 Å². The highest BCUT2D eigenvalue weighted by atomic mass is 16.6. The maximum Gasteiger partial charge on any atom is 0.115 e. The maximum absolute atomic E-state index is 6.45. The molecular weight excluding hydrogens is 382 g/mol. The second-order valence-corrected chi connectivity index (χ2v) is 9.69. The largest absolute Gasteiger partial charge is 0.376 e. The van der Waals surface area contributed by atoms with Crippen LogP contribution in [0.3, 0.4) is 0 Å². The van der Waals surface area contributed by atoms with Crippen molar-refractivity contribution in [2.24, 2.45) is 0 Å². The Balaban J connectivity index is 6.01. The van der Waals surface area contributed by atoms with E-state index in [2.05, 4.69) is 33.0 Å². The zero-order valence-corrected chi connectivity index (χ0v) is 21.7. The van der Waals surface area contributed by atoms with E-state index in [1.807, 2.05) is 55.4 Å². The van der Waals surface area contributed by atoms with E-state index in [0.717, 1.165) is 0 Å². The van der Waals surface area contributed by atoms with E-state index >= 15 is 0 Å². The fourth-order valence-corrected chi connectivity index (χ4v) is 3.17. The predicted molar refractivity (Wildman–Crippen MR) is 124 cm³/mol. The summed E-state index contributed by atoms with van der Waals surface area (Å²) in [5.41, 5.74) is 0. The average molecular weight is 434 g/mol. The zero-order chi connectivity index (χ0) is 23.4. The summed E-state index contributed by atoms with van der Waals surface area (Å²) in [6.45, 7) is 25.8. The summed E-state index contributed by atoms with van der Waals surface area (Å²) in [5, 5.41) is 3.51. The van der Waals surface area contributed by atoms with Gasteiger partial charge in [0.25, 0.3) is 0 Å². The van der Waals surface area contributed by atoms with Gasteiger partial charge < -0.3 is 29.0 Å². The Kier molecular flexibility index (Phi) is 15.4. The van der Waals surface area contributed by atoms with Crippen LogP contribution in [0.2, 0.25) is 0 Å². The van der Waals surface area contributed by atoms with Crippen molar-refractivity contribution >= 4 is 0 Å². The molecule has 0 rings (SSSR count). The molecule has 0 aromatic carbocycles. The summed E-state index contributed by atoms with van der Waals surface area (Å²) in [7, 11) is 0. The molecule has 0 aromatic heterocycles. The third-order valence-electron chi connectivity index (χ3n) is 4.13. The van der Waals surface area contributed by atoms with Crippen molar-refractivity contribution in [2.75, 3.05) is 13.2 Å². The van der Waals surface area contributed by atoms with E-state index < -0.39 is 0 Å². The predicted octanol–water partition coefficient (Wildman–Crippen LogP) is 4.58. The van der Waals surface area contributed by atoms with Gasteiger partial charge in [-0.1, -0.05) is 13.8 Å². The molecule has 4 unspecified atom stereocenters. The summed E-state index contributed by atoms with van der Waals surface area (Å²) in [6, 6.07) is 0.347. The Hall–Kier alpha value is -0.240. The topological polar surface area (TPSA) is 58.2 Å². The molecule has 0 heterocycles. The summed E-state index contributed by atoms with van der Waals surface area (Å²) in [5.74, 6) is 0. The molecule has 6 nitrogen and oxygen atoms in total. The second kappa shape index (κ2) is 15.5. The van der Waals surface area contributed by atoms with Crippen molar-refractivity contribution in [1.82, 2.24) is 5.32 Å². The zero-order valence-electron chi connectivity index (χ0n) is 21.7. The molecular formula is C24H51NO5. The van der Waals surface area contributed by atoms with Crippen LogP contribution >= 0.6 is 0 Å². The van der Waals surface area contributed by atoms with Crippen molar-refractivity contribution in [3.63, 3.8) is 0 Å². The summed E-state index contributed by atoms with van der Waals surface area (Å²) in [6.07, 6.45) is -0.823. The van der Waals surface area contributed by atoms with Gasteiger partial charge in [-0.25, -0.2) is 0 Å². The smallest absolute Gasteiger partial charge is 0.115 e. The number of nitrogens with one attached hydrogen (secondary N) is 1. The third kappa shape index (κ3) is 13.9. The van der Waals surface area contributed by atoms with Gasteiger partial charge in [-0.3, -0.25) is 0 Å². The number of hydrogen-bond donors (Lipinski definition) is 1. The lowest BCUT2D eigenvalue weighted by Gasteiger charge is -2.40. The van der Waals surface area contributed by atoms with Gasteiger partial charge in [-0.05, 0) is 69.2 Å². The van der Waals surface area contributed by atoms with Gasteiger partial charge in [0, 0.05) is 12.6 Å². The molecule has 0 spiro atoms. The van der Waals surface area contributed by atoms with Crippen molar-refractivity contribution in [1.29, 1.82) is 0 Å². The molecule has 1 N–H and O–H groups in total. The van der Waals surface area contributed by atoms with Crippen molar-refractivity contribution < 1.29 is 23.7 Å². The summed E-state index contributed by atoms with van der Waals surface area (Å²) < 4.78 is 31.5. The lowest BCUT2D eigenvalue weighted by atomic mass is 10.0. The summed E-state index contributed by atoms with van der Waals surface area (Å²) >= 11 is 0. The van der Waals surface area contributed by atoms with Crippen LogP contribution in [0.5, 0.6) is 0 Å². The lowest BCUT2D eigenvalue weighted by molar-refractivity contribution is -0.218. The Labute approximate surface area is 186 Å². The average Bonchev–Trinajstić information content (AvgIpc) is 2.57. The van der Waals surface area contributed by atoms with E-state index in [1.165, 1.54) is 0 Å². The van der Waals surface area contributed by atoms with E-state index in [-0.39, 0.29) is 54.9 Å². The second-order valence-electron chi connectivity index (χ2n) is 9.69. The fourth-order valence-electron chi connectivity index (χ4n) is 3.17. The normalized spacial score (nSPS) is 17.0. The first-order valence-electron chi connectivity index (χ1n) is 11.8. The minimum absolute atomic E-state index is 0.0170. The Morgan fingerprint density at radius 3 is 1.27 bits per heavy atom. The van der Waals surface area contributed by atoms with Crippen molar-refractivity contribution in [3.05, 3.63) is 0 Å². The maximum atomic E-state index is 6.45. The van der Waals surface area contributed by atoms with Crippen LogP contribution in [0.4, 0.5) is 0 Å². The van der Waals surface area contributed by atoms with Gasteiger partial charge >= 0.3 is 0 Å². The first-order chi connectivity index (χ1) is 13.8. The number of rotatable bonds is 17. The molecule has 0 aromatic rings. The molecule has 0 radical (unpaired) electrons. The number of ether oxygens (including phenoxy) is 5. The van der Waals surface area contributed by atoms with Gasteiger partial charge in [0.2, 0.25) is 0 Å². The van der Waals surface area contributed by atoms with Gasteiger partial charge in [0.05, 0.1) is 43.2 Å². The molecule has 0 saturated carbocycles. The first-order valence-corrected chi connectivity index (χ1v) is 11.8. The van der Waals surface area contributed by atoms with E-state index in [1.54, 1.807) is 0 Å². The molecule has 4 atom stereocenters. The fraction of sp³-hybridized carbons (Fsp3) is 1.00. The van der Waals surface area contributed by atoms with Crippen LogP contribution in [-0.4, -0.2) is 74.1 Å². The van der Waals surface area contributed by atoms with Crippen LogP contribution < -0.4 is 5.32 Å². The van der Waals surface area contributed by atoms with Crippen LogP contribution in [0.1, 0.15) is 83.1 Å². The van der Waals surface area contributed by atoms with Gasteiger partial charge in [-0.2, -0.15) is 0 Å². The third-order valence-corrected chi connectivity index (χ3v) is 4.13. The molecule has 0 aliphatic heterocycles. The van der Waals surface area contributed by atoms with Crippen LogP contribution in [0.15, 0.2) is 0 Å². The van der Waals surface area contributed by atoms with Crippen molar-refractivity contribution in [2.45, 2.75) is 144 Å². The molecule has 0 saturated heterocycles. The molecule has 30 heavy (non-hydrogen) atoms. The Morgan fingerprint density at radius 2 is 0.900 bits per heavy atom. The Morgan fingerprint density at radius 1 is 0.500 bits per heavy atom. The molecule has 6 heteroatoms. The molecule has 0 aliphatic carbocycles. The highest BCUT2D eigenvalue weighted by Gasteiger charge is 2.40. The monoisotopic (exact) mass is 433 g/mol. The van der Waals surface area contributed by atoms with Gasteiger partial charge in [-0.15, -0.1) is 0 Å². The molecule has 182 valence electrons. The standard InChI is InChI=1S/C24H51NO5/c1-15(2)25-13-21(27-17(5)6)23(29-19(9)10)24(30-20(11)12)22(28-18(7)8)14-26-16(3)4/h15-25H,13-14H2,1-12H3. The first kappa shape index (κ1) is 29.8. The summed E-state index contributed by atoms with van der Waals surface area (Å²) in [4.78, 5) is 0. The SMILES string of the molecule is CC(C)NCC(OC(C)C)C(OC(C)C)C(OC(C)C)C(COC(C)C)OC(C)C. The van der Waals surface area contributed by atoms with Crippen molar-refractivity contribution in [3.8, 4) is 0 Å². The van der Waals surface area contributed by atoms with E-state index in [4.69, 9.17) is 23.7 Å². The highest BCUT2D eigenvalue weighted by molar-refractivity contribution is 4.89. The molecule has 0 bridgehead atoms. The lowest BCUT2D eigenvalue weighted by Crippen LogP contribution is -2.56. The Bertz CT molecular complexity index is 374. The van der Waals surface area contributed by atoms with Gasteiger partial charge in [0.1, 0.15) is 18.3 Å².